The molecule has 2 nitrogen and oxygen atoms in total. The fraction of sp³-hybridized carbons (Fsp3) is 0.417. The predicted molar refractivity (Wildman–Crippen MR) is 63.9 cm³/mol. The summed E-state index contributed by atoms with van der Waals surface area (Å²) in [5, 5.41) is 0. The number of rotatable bonds is 1. The molecule has 0 radical (unpaired) electrons. The van der Waals surface area contributed by atoms with E-state index in [1.54, 1.807) is 4.90 Å². The summed E-state index contributed by atoms with van der Waals surface area (Å²) in [6, 6.07) is -0.963. The Kier molecular flexibility index (Phi) is 2.14. The van der Waals surface area contributed by atoms with Crippen LogP contribution in [0.5, 0.6) is 0 Å². The van der Waals surface area contributed by atoms with E-state index in [0.29, 0.717) is 13.1 Å². The number of benzene rings is 1. The highest BCUT2D eigenvalue weighted by Crippen LogP contribution is 2.15. The zero-order chi connectivity index (χ0) is 14.2. The smallest absolute Gasteiger partial charge is 0.253 e. The lowest BCUT2D eigenvalue weighted by Gasteiger charge is -2.26. The van der Waals surface area contributed by atoms with Crippen LogP contribution < -0.4 is 0 Å². The molecule has 0 saturated carbocycles. The number of hydrogen-bond donors (Lipinski definition) is 0. The van der Waals surface area contributed by atoms with E-state index in [1.165, 1.54) is 0 Å². The Balaban J connectivity index is 2.47. The molecule has 1 aliphatic heterocycles. The van der Waals surface area contributed by atoms with Crippen molar-refractivity contribution in [1.82, 2.24) is 4.90 Å². The third-order valence-corrected chi connectivity index (χ3v) is 2.85. The Morgan fingerprint density at radius 3 is 2.40 bits per heavy atom. The number of hydrogen-bond acceptors (Lipinski definition) is 1. The molecule has 1 heterocycles. The largest absolute Gasteiger partial charge is 0.339 e. The molecule has 15 heavy (non-hydrogen) atoms. The summed E-state index contributed by atoms with van der Waals surface area (Å²) in [5.74, 6) is -0.399. The molecule has 0 aromatic heterocycles. The van der Waals surface area contributed by atoms with Gasteiger partial charge in [-0.3, -0.25) is 4.79 Å². The third kappa shape index (κ3) is 2.59. The van der Waals surface area contributed by atoms with E-state index in [0.717, 1.165) is 19.3 Å². The minimum absolute atomic E-state index is 0.0951. The molecule has 0 N–H and O–H groups in total. The van der Waals surface area contributed by atoms with Crippen LogP contribution in [-0.4, -0.2) is 23.9 Å². The van der Waals surface area contributed by atoms with Crippen molar-refractivity contribution in [3.8, 4) is 0 Å². The van der Waals surface area contributed by atoms with Crippen molar-refractivity contribution in [2.75, 3.05) is 13.1 Å². The molecule has 2 rings (SSSR count). The standard InChI is InChI=1S/C12H14BrNO/c13-11-6-4-10(5-7-11)12(15)14-8-2-1-3-9-14/h4-7H,1-3,8-9H2/i4D,5D,6D,7D. The highest BCUT2D eigenvalue weighted by atomic mass is 79.9. The van der Waals surface area contributed by atoms with Crippen molar-refractivity contribution in [2.24, 2.45) is 0 Å². The molecule has 80 valence electrons. The molecule has 0 atom stereocenters. The number of halogens is 1. The molecule has 1 aromatic carbocycles. The average Bonchev–Trinajstić information content (AvgIpc) is 2.44. The van der Waals surface area contributed by atoms with Gasteiger partial charge in [-0.15, -0.1) is 0 Å². The number of piperidine rings is 1. The summed E-state index contributed by atoms with van der Waals surface area (Å²) < 4.78 is 31.2. The maximum Gasteiger partial charge on any atom is 0.253 e. The SMILES string of the molecule is [2H]c1c([2H])c(C(=O)N2CCCCC2)c([2H])c([2H])c1Br. The van der Waals surface area contributed by atoms with Gasteiger partial charge in [0, 0.05) is 23.1 Å². The molecule has 1 amide bonds. The summed E-state index contributed by atoms with van der Waals surface area (Å²) >= 11 is 3.02. The molecule has 0 aliphatic carbocycles. The van der Waals surface area contributed by atoms with Gasteiger partial charge in [-0.2, -0.15) is 0 Å². The zero-order valence-corrected chi connectivity index (χ0v) is 9.85. The van der Waals surface area contributed by atoms with Gasteiger partial charge in [0.1, 0.15) is 0 Å². The normalized spacial score (nSPS) is 20.2. The number of carbonyl (C=O) groups is 1. The second-order valence-electron chi connectivity index (χ2n) is 3.54. The van der Waals surface area contributed by atoms with E-state index in [1.807, 2.05) is 0 Å². The Hall–Kier alpha value is -0.830. The van der Waals surface area contributed by atoms with E-state index >= 15 is 0 Å². The molecule has 1 aromatic rings. The Morgan fingerprint density at radius 2 is 1.80 bits per heavy atom. The van der Waals surface area contributed by atoms with Crippen LogP contribution in [0.4, 0.5) is 0 Å². The third-order valence-electron chi connectivity index (χ3n) is 2.45. The first-order valence-electron chi connectivity index (χ1n) is 7.00. The predicted octanol–water partition coefficient (Wildman–Crippen LogP) is 3.08. The fourth-order valence-corrected chi connectivity index (χ4v) is 1.86. The quantitative estimate of drug-likeness (QED) is 0.769. The summed E-state index contributed by atoms with van der Waals surface area (Å²) in [6.45, 7) is 1.24. The molecular weight excluding hydrogens is 254 g/mol. The lowest BCUT2D eigenvalue weighted by Crippen LogP contribution is -2.35. The second-order valence-corrected chi connectivity index (χ2v) is 4.33. The Bertz CT molecular complexity index is 500. The van der Waals surface area contributed by atoms with E-state index in [4.69, 9.17) is 5.48 Å². The van der Waals surface area contributed by atoms with Crippen molar-refractivity contribution in [1.29, 1.82) is 0 Å². The molecule has 1 fully saturated rings. The van der Waals surface area contributed by atoms with E-state index in [2.05, 4.69) is 15.9 Å². The van der Waals surface area contributed by atoms with Gasteiger partial charge in [0.05, 0.1) is 5.48 Å². The molecular formula is C12H14BrNO. The van der Waals surface area contributed by atoms with Crippen LogP contribution in [0.1, 0.15) is 35.1 Å². The van der Waals surface area contributed by atoms with Crippen LogP contribution >= 0.6 is 15.9 Å². The van der Waals surface area contributed by atoms with Crippen LogP contribution in [0.15, 0.2) is 28.6 Å². The van der Waals surface area contributed by atoms with Crippen molar-refractivity contribution in [2.45, 2.75) is 19.3 Å². The van der Waals surface area contributed by atoms with Crippen molar-refractivity contribution < 1.29 is 10.3 Å². The van der Waals surface area contributed by atoms with E-state index in [9.17, 15) is 4.79 Å². The van der Waals surface area contributed by atoms with Crippen LogP contribution in [0.3, 0.4) is 0 Å². The number of carbonyl (C=O) groups excluding carboxylic acids is 1. The molecule has 1 saturated heterocycles. The minimum Gasteiger partial charge on any atom is -0.339 e. The number of amides is 1. The summed E-state index contributed by atoms with van der Waals surface area (Å²) in [5.41, 5.74) is -0.125. The van der Waals surface area contributed by atoms with Gasteiger partial charge in [0.2, 0.25) is 0 Å². The molecule has 0 bridgehead atoms. The van der Waals surface area contributed by atoms with E-state index < -0.39 is 5.91 Å². The average molecular weight is 272 g/mol. The highest BCUT2D eigenvalue weighted by molar-refractivity contribution is 9.10. The zero-order valence-electron chi connectivity index (χ0n) is 12.3. The second kappa shape index (κ2) is 4.79. The van der Waals surface area contributed by atoms with Crippen molar-refractivity contribution >= 4 is 21.8 Å². The molecule has 1 aliphatic rings. The van der Waals surface area contributed by atoms with Crippen molar-refractivity contribution in [3.05, 3.63) is 34.2 Å². The van der Waals surface area contributed by atoms with Crippen molar-refractivity contribution in [3.63, 3.8) is 0 Å². The topological polar surface area (TPSA) is 20.3 Å². The Labute approximate surface area is 104 Å². The lowest BCUT2D eigenvalue weighted by atomic mass is 10.1. The first-order valence-corrected chi connectivity index (χ1v) is 5.79. The monoisotopic (exact) mass is 271 g/mol. The maximum atomic E-state index is 12.4. The van der Waals surface area contributed by atoms with Crippen LogP contribution in [0, 0.1) is 0 Å². The van der Waals surface area contributed by atoms with Gasteiger partial charge >= 0.3 is 0 Å². The van der Waals surface area contributed by atoms with Crippen LogP contribution in [0.25, 0.3) is 0 Å². The van der Waals surface area contributed by atoms with Crippen LogP contribution in [-0.2, 0) is 0 Å². The van der Waals surface area contributed by atoms with Gasteiger partial charge in [0.25, 0.3) is 5.91 Å². The van der Waals surface area contributed by atoms with Crippen LogP contribution in [0.2, 0.25) is 0 Å². The minimum atomic E-state index is -0.399. The first-order chi connectivity index (χ1) is 8.95. The van der Waals surface area contributed by atoms with E-state index in [-0.39, 0.29) is 34.2 Å². The van der Waals surface area contributed by atoms with Gasteiger partial charge < -0.3 is 4.90 Å². The lowest BCUT2D eigenvalue weighted by molar-refractivity contribution is 0.0724. The van der Waals surface area contributed by atoms with Gasteiger partial charge in [-0.25, -0.2) is 0 Å². The molecule has 0 unspecified atom stereocenters. The summed E-state index contributed by atoms with van der Waals surface area (Å²) in [6.07, 6.45) is 2.92. The van der Waals surface area contributed by atoms with Gasteiger partial charge in [-0.1, -0.05) is 15.9 Å². The first kappa shape index (κ1) is 6.69. The number of nitrogens with zero attached hydrogens (tertiary/aromatic N) is 1. The fourth-order valence-electron chi connectivity index (χ4n) is 1.66. The maximum absolute atomic E-state index is 12.4. The summed E-state index contributed by atoms with van der Waals surface area (Å²) in [4.78, 5) is 14.0. The van der Waals surface area contributed by atoms with Gasteiger partial charge in [0.15, 0.2) is 0 Å². The van der Waals surface area contributed by atoms with Gasteiger partial charge in [-0.05, 0) is 43.4 Å². The molecule has 0 spiro atoms. The Morgan fingerprint density at radius 1 is 1.20 bits per heavy atom. The molecule has 3 heteroatoms. The highest BCUT2D eigenvalue weighted by Gasteiger charge is 2.17. The summed E-state index contributed by atoms with van der Waals surface area (Å²) in [7, 11) is 0. The number of likely N-dealkylation sites (tertiary alicyclic amines) is 1.